The summed E-state index contributed by atoms with van der Waals surface area (Å²) >= 11 is 0. The molecule has 0 bridgehead atoms. The summed E-state index contributed by atoms with van der Waals surface area (Å²) in [7, 11) is 0. The second-order valence-electron chi connectivity index (χ2n) is 6.40. The van der Waals surface area contributed by atoms with E-state index in [0.717, 1.165) is 36.5 Å². The first-order valence-electron chi connectivity index (χ1n) is 8.81. The van der Waals surface area contributed by atoms with E-state index in [1.54, 1.807) is 0 Å². The predicted molar refractivity (Wildman–Crippen MR) is 94.4 cm³/mol. The number of nitrogens with zero attached hydrogens (tertiary/aromatic N) is 3. The van der Waals surface area contributed by atoms with Gasteiger partial charge < -0.3 is 4.90 Å². The Labute approximate surface area is 138 Å². The van der Waals surface area contributed by atoms with Gasteiger partial charge in [-0.1, -0.05) is 31.5 Å². The van der Waals surface area contributed by atoms with E-state index in [9.17, 15) is 4.79 Å². The summed E-state index contributed by atoms with van der Waals surface area (Å²) in [6, 6.07) is 9.99. The third kappa shape index (κ3) is 3.27. The van der Waals surface area contributed by atoms with Crippen LogP contribution in [0, 0.1) is 6.92 Å². The number of likely N-dealkylation sites (tertiary alicyclic amines) is 1. The normalized spacial score (nSPS) is 15.9. The van der Waals surface area contributed by atoms with Crippen molar-refractivity contribution in [2.75, 3.05) is 19.6 Å². The third-order valence-electron chi connectivity index (χ3n) is 4.95. The van der Waals surface area contributed by atoms with Crippen molar-refractivity contribution in [3.05, 3.63) is 51.9 Å². The van der Waals surface area contributed by atoms with Gasteiger partial charge in [0.25, 0.3) is 5.56 Å². The third-order valence-corrected chi connectivity index (χ3v) is 4.95. The Balaban J connectivity index is 1.93. The van der Waals surface area contributed by atoms with Crippen LogP contribution < -0.4 is 5.56 Å². The van der Waals surface area contributed by atoms with Crippen molar-refractivity contribution in [2.24, 2.45) is 0 Å². The maximum absolute atomic E-state index is 12.8. The van der Waals surface area contributed by atoms with Crippen LogP contribution in [0.1, 0.15) is 37.4 Å². The van der Waals surface area contributed by atoms with Crippen LogP contribution in [0.4, 0.5) is 0 Å². The van der Waals surface area contributed by atoms with Crippen LogP contribution >= 0.6 is 0 Å². The highest BCUT2D eigenvalue weighted by Crippen LogP contribution is 2.13. The van der Waals surface area contributed by atoms with E-state index in [1.807, 2.05) is 35.0 Å². The summed E-state index contributed by atoms with van der Waals surface area (Å²) < 4.78 is 4.03. The van der Waals surface area contributed by atoms with Gasteiger partial charge in [0.2, 0.25) is 0 Å². The molecule has 23 heavy (non-hydrogen) atoms. The zero-order valence-electron chi connectivity index (χ0n) is 14.3. The average molecular weight is 313 g/mol. The van der Waals surface area contributed by atoms with Gasteiger partial charge in [-0.3, -0.25) is 9.48 Å². The molecule has 1 aliphatic heterocycles. The van der Waals surface area contributed by atoms with E-state index in [1.165, 1.54) is 32.4 Å². The molecule has 0 atom stereocenters. The number of para-hydroxylation sites is 1. The highest BCUT2D eigenvalue weighted by molar-refractivity contribution is 5.33. The van der Waals surface area contributed by atoms with Crippen molar-refractivity contribution in [1.29, 1.82) is 0 Å². The van der Waals surface area contributed by atoms with Crippen molar-refractivity contribution in [2.45, 2.75) is 46.1 Å². The Morgan fingerprint density at radius 2 is 1.70 bits per heavy atom. The molecule has 0 saturated carbocycles. The van der Waals surface area contributed by atoms with Crippen molar-refractivity contribution in [3.8, 4) is 5.69 Å². The second-order valence-corrected chi connectivity index (χ2v) is 6.40. The molecule has 1 fully saturated rings. The van der Waals surface area contributed by atoms with E-state index in [2.05, 4.69) is 23.4 Å². The lowest BCUT2D eigenvalue weighted by molar-refractivity contribution is 0.215. The Bertz CT molecular complexity index is 693. The molecule has 0 unspecified atom stereocenters. The van der Waals surface area contributed by atoms with Gasteiger partial charge in [-0.05, 0) is 51.4 Å². The molecule has 0 N–H and O–H groups in total. The molecule has 0 aliphatic carbocycles. The minimum atomic E-state index is 0.134. The standard InChI is InChI=1S/C19H27N3O/c1-3-18-16(2)21(15-14-20-12-8-5-9-13-20)22(19(18)23)17-10-6-4-7-11-17/h4,6-7,10-11H,3,5,8-9,12-15H2,1-2H3. The maximum atomic E-state index is 12.8. The van der Waals surface area contributed by atoms with Crippen LogP contribution in [0.5, 0.6) is 0 Å². The van der Waals surface area contributed by atoms with Gasteiger partial charge in [-0.2, -0.15) is 0 Å². The largest absolute Gasteiger partial charge is 0.301 e. The number of rotatable bonds is 5. The molecular formula is C19H27N3O. The molecule has 4 heteroatoms. The first-order valence-corrected chi connectivity index (χ1v) is 8.81. The summed E-state index contributed by atoms with van der Waals surface area (Å²) in [5, 5.41) is 0. The number of piperidine rings is 1. The second kappa shape index (κ2) is 7.18. The van der Waals surface area contributed by atoms with E-state index in [-0.39, 0.29) is 5.56 Å². The van der Waals surface area contributed by atoms with Crippen molar-refractivity contribution in [1.82, 2.24) is 14.3 Å². The number of hydrogen-bond donors (Lipinski definition) is 0. The minimum absolute atomic E-state index is 0.134. The highest BCUT2D eigenvalue weighted by atomic mass is 16.1. The Morgan fingerprint density at radius 3 is 2.35 bits per heavy atom. The zero-order valence-corrected chi connectivity index (χ0v) is 14.3. The van der Waals surface area contributed by atoms with Gasteiger partial charge in [-0.15, -0.1) is 0 Å². The fraction of sp³-hybridized carbons (Fsp3) is 0.526. The lowest BCUT2D eigenvalue weighted by Gasteiger charge is -2.27. The Kier molecular flexibility index (Phi) is 5.01. The molecule has 1 saturated heterocycles. The fourth-order valence-corrected chi connectivity index (χ4v) is 3.62. The molecule has 2 aromatic rings. The smallest absolute Gasteiger partial charge is 0.274 e. The summed E-state index contributed by atoms with van der Waals surface area (Å²) in [6.07, 6.45) is 4.74. The van der Waals surface area contributed by atoms with E-state index in [4.69, 9.17) is 0 Å². The molecule has 1 aromatic heterocycles. The highest BCUT2D eigenvalue weighted by Gasteiger charge is 2.18. The van der Waals surface area contributed by atoms with Gasteiger partial charge in [0.15, 0.2) is 0 Å². The van der Waals surface area contributed by atoms with Crippen molar-refractivity contribution < 1.29 is 0 Å². The average Bonchev–Trinajstić information content (AvgIpc) is 2.84. The number of benzene rings is 1. The molecule has 1 aromatic carbocycles. The quantitative estimate of drug-likeness (QED) is 0.849. The lowest BCUT2D eigenvalue weighted by atomic mass is 10.1. The first-order chi connectivity index (χ1) is 11.2. The summed E-state index contributed by atoms with van der Waals surface area (Å²) in [6.45, 7) is 8.41. The monoisotopic (exact) mass is 313 g/mol. The molecule has 3 rings (SSSR count). The lowest BCUT2D eigenvalue weighted by Crippen LogP contribution is -2.34. The van der Waals surface area contributed by atoms with Crippen molar-refractivity contribution in [3.63, 3.8) is 0 Å². The topological polar surface area (TPSA) is 30.2 Å². The zero-order chi connectivity index (χ0) is 16.2. The van der Waals surface area contributed by atoms with Crippen LogP contribution in [0.15, 0.2) is 35.1 Å². The minimum Gasteiger partial charge on any atom is -0.301 e. The Morgan fingerprint density at radius 1 is 1.00 bits per heavy atom. The van der Waals surface area contributed by atoms with Gasteiger partial charge in [0.1, 0.15) is 0 Å². The number of hydrogen-bond acceptors (Lipinski definition) is 2. The number of aromatic nitrogens is 2. The van der Waals surface area contributed by atoms with Gasteiger partial charge in [0.05, 0.1) is 12.2 Å². The van der Waals surface area contributed by atoms with Crippen LogP contribution in [-0.4, -0.2) is 33.9 Å². The Hall–Kier alpha value is -1.81. The van der Waals surface area contributed by atoms with E-state index in [0.29, 0.717) is 0 Å². The van der Waals surface area contributed by atoms with Crippen LogP contribution in [0.2, 0.25) is 0 Å². The van der Waals surface area contributed by atoms with E-state index >= 15 is 0 Å². The van der Waals surface area contributed by atoms with Crippen LogP contribution in [0.3, 0.4) is 0 Å². The summed E-state index contributed by atoms with van der Waals surface area (Å²) in [4.78, 5) is 15.3. The maximum Gasteiger partial charge on any atom is 0.274 e. The summed E-state index contributed by atoms with van der Waals surface area (Å²) in [5.41, 5.74) is 3.14. The van der Waals surface area contributed by atoms with Gasteiger partial charge in [0, 0.05) is 17.8 Å². The summed E-state index contributed by atoms with van der Waals surface area (Å²) in [5.74, 6) is 0. The molecule has 124 valence electrons. The predicted octanol–water partition coefficient (Wildman–Crippen LogP) is 3.00. The van der Waals surface area contributed by atoms with Gasteiger partial charge in [-0.25, -0.2) is 4.68 Å². The van der Waals surface area contributed by atoms with E-state index < -0.39 is 0 Å². The van der Waals surface area contributed by atoms with Gasteiger partial charge >= 0.3 is 0 Å². The molecule has 2 heterocycles. The fourth-order valence-electron chi connectivity index (χ4n) is 3.62. The molecule has 1 aliphatic rings. The van der Waals surface area contributed by atoms with Crippen molar-refractivity contribution >= 4 is 0 Å². The molecule has 4 nitrogen and oxygen atoms in total. The SMILES string of the molecule is CCc1c(C)n(CCN2CCCCC2)n(-c2ccccc2)c1=O. The molecular weight excluding hydrogens is 286 g/mol. The first kappa shape index (κ1) is 16.1. The van der Waals surface area contributed by atoms with Crippen LogP contribution in [-0.2, 0) is 13.0 Å². The molecule has 0 spiro atoms. The van der Waals surface area contributed by atoms with Crippen LogP contribution in [0.25, 0.3) is 5.69 Å². The molecule has 0 amide bonds. The molecule has 0 radical (unpaired) electrons.